The molecule has 0 bridgehead atoms. The number of hydrogen-bond donors (Lipinski definition) is 4. The van der Waals surface area contributed by atoms with Gasteiger partial charge in [-0.15, -0.1) is 8.42 Å². The fourth-order valence-electron chi connectivity index (χ4n) is 6.24. The third-order valence-corrected chi connectivity index (χ3v) is 9.73. The number of amides is 1. The summed E-state index contributed by atoms with van der Waals surface area (Å²) in [5, 5.41) is 35.0. The van der Waals surface area contributed by atoms with E-state index in [4.69, 9.17) is 55.7 Å². The van der Waals surface area contributed by atoms with Crippen molar-refractivity contribution < 1.29 is 108 Å². The van der Waals surface area contributed by atoms with Crippen LogP contribution in [0.5, 0.6) is 17.2 Å². The van der Waals surface area contributed by atoms with Gasteiger partial charge in [0.15, 0.2) is 42.2 Å². The van der Waals surface area contributed by atoms with E-state index in [0.29, 0.717) is 5.56 Å². The summed E-state index contributed by atoms with van der Waals surface area (Å²) in [5.41, 5.74) is -0.379. The van der Waals surface area contributed by atoms with Gasteiger partial charge in [-0.05, 0) is 50.6 Å². The molecule has 11 atom stereocenters. The number of ether oxygens (including phenoxy) is 10. The molecule has 65 heavy (non-hydrogen) atoms. The van der Waals surface area contributed by atoms with Gasteiger partial charge in [0.1, 0.15) is 41.8 Å². The first-order valence-electron chi connectivity index (χ1n) is 19.5. The molecule has 25 heteroatoms. The lowest BCUT2D eigenvalue weighted by atomic mass is 9.97. The van der Waals surface area contributed by atoms with Gasteiger partial charge in [-0.2, -0.15) is 0 Å². The third-order valence-electron chi connectivity index (χ3n) is 8.95. The normalized spacial score (nSPS) is 26.0. The van der Waals surface area contributed by atoms with Crippen LogP contribution in [0.25, 0.3) is 0 Å². The Bertz CT molecular complexity index is 2110. The lowest BCUT2D eigenvalue weighted by Gasteiger charge is -2.44. The number of benzene rings is 2. The predicted molar refractivity (Wildman–Crippen MR) is 213 cm³/mol. The van der Waals surface area contributed by atoms with Gasteiger partial charge in [-0.25, -0.2) is 14.4 Å². The van der Waals surface area contributed by atoms with Gasteiger partial charge < -0.3 is 76.4 Å². The Morgan fingerprint density at radius 2 is 1.31 bits per heavy atom. The fourth-order valence-corrected chi connectivity index (χ4v) is 6.98. The number of rotatable bonds is 17. The van der Waals surface area contributed by atoms with E-state index in [-0.39, 0.29) is 17.9 Å². The summed E-state index contributed by atoms with van der Waals surface area (Å²) < 4.78 is 89.9. The highest BCUT2D eigenvalue weighted by Crippen LogP contribution is 2.34. The summed E-state index contributed by atoms with van der Waals surface area (Å²) in [6.45, 7) is 7.11. The monoisotopic (exact) mass is 945 g/mol. The van der Waals surface area contributed by atoms with Crippen LogP contribution >= 0.6 is 0 Å². The molecule has 360 valence electrons. The molecule has 2 aliphatic heterocycles. The molecule has 4 rings (SSSR count). The van der Waals surface area contributed by atoms with Crippen molar-refractivity contribution in [2.24, 2.45) is 0 Å². The minimum absolute atomic E-state index is 0.0679. The van der Waals surface area contributed by atoms with Gasteiger partial charge in [0.05, 0.1) is 20.8 Å². The number of alkyl carbamates (subject to hydrolysis) is 1. The Balaban J connectivity index is 1.48. The van der Waals surface area contributed by atoms with Crippen molar-refractivity contribution in [2.45, 2.75) is 121 Å². The van der Waals surface area contributed by atoms with Crippen LogP contribution in [0.2, 0.25) is 0 Å². The minimum Gasteiger partial charge on any atom is -0.467 e. The summed E-state index contributed by atoms with van der Waals surface area (Å²) >= 11 is 0. The van der Waals surface area contributed by atoms with Gasteiger partial charge in [-0.1, -0.05) is 24.3 Å². The van der Waals surface area contributed by atoms with Crippen molar-refractivity contribution in [3.05, 3.63) is 54.1 Å². The van der Waals surface area contributed by atoms with Gasteiger partial charge in [0, 0.05) is 27.2 Å². The average molecular weight is 946 g/mol. The van der Waals surface area contributed by atoms with E-state index in [2.05, 4.69) is 5.32 Å². The molecule has 1 amide bonds. The molecule has 2 fully saturated rings. The Morgan fingerprint density at radius 3 is 1.88 bits per heavy atom. The first kappa shape index (κ1) is 51.8. The molecule has 2 aromatic rings. The second kappa shape index (κ2) is 22.4. The van der Waals surface area contributed by atoms with E-state index in [1.807, 2.05) is 0 Å². The van der Waals surface area contributed by atoms with Crippen LogP contribution in [0.1, 0.15) is 47.1 Å². The van der Waals surface area contributed by atoms with Crippen LogP contribution < -0.4 is 18.4 Å². The maximum absolute atomic E-state index is 13.1. The zero-order valence-electron chi connectivity index (χ0n) is 36.3. The van der Waals surface area contributed by atoms with Gasteiger partial charge in [0.2, 0.25) is 6.29 Å². The summed E-state index contributed by atoms with van der Waals surface area (Å²) in [7, 11) is -2.81. The lowest BCUT2D eigenvalue weighted by Crippen LogP contribution is -2.64. The van der Waals surface area contributed by atoms with E-state index in [0.717, 1.165) is 41.1 Å². The Morgan fingerprint density at radius 1 is 0.723 bits per heavy atom. The number of para-hydroxylation sites is 2. The highest BCUT2D eigenvalue weighted by molar-refractivity contribution is 7.82. The molecule has 0 aromatic heterocycles. The van der Waals surface area contributed by atoms with E-state index in [1.165, 1.54) is 42.5 Å². The van der Waals surface area contributed by atoms with Crippen LogP contribution in [0.15, 0.2) is 48.5 Å². The Labute approximate surface area is 372 Å². The molecular weight excluding hydrogens is 894 g/mol. The number of nitrogens with one attached hydrogen (secondary N) is 1. The number of methoxy groups -OCH3 is 2. The van der Waals surface area contributed by atoms with Crippen molar-refractivity contribution in [1.29, 1.82) is 0 Å². The molecule has 4 N–H and O–H groups in total. The molecule has 2 aliphatic rings. The Kier molecular flexibility index (Phi) is 17.8. The standard InChI is InChI=1S/C40H51NO23S/c1-19(42)56-31-32(57-20(2)43)34(58-21(3)44)38(61-33(31)36(49)54-8)55-18-27-28(45)29(46)30(47)37(60-27)59-25-11-9-10-12-26(25)64-65(51,52)63-23-15-13-22(14-16-23)17-24(35(48)53-7)41-39(50)62-40(4,5)6/h9-16,24,27-34,37-38,45-47H,17-18H2,1-8H3,(H,41,50)/t24-,27-,28+,29+,30-,31+,32+,33+,34-,37-,38-/m1/s1. The van der Waals surface area contributed by atoms with Crippen LogP contribution in [-0.2, 0) is 83.4 Å². The fraction of sp³-hybridized carbons (Fsp3) is 0.550. The SMILES string of the molecule is COC(=O)[C@H]1O[C@@H](OC[C@H]2O[C@@H](Oc3ccccc3OS(=O)(=O)Oc3ccc(C[C@@H](NC(=O)OC(C)(C)C)C(=O)OC)cc3)[C@H](O)[C@@H](O)[C@H]2O)[C@H](OC(C)=O)[C@@H](OC(C)=O)[C@@H]1OC(C)=O. The third kappa shape index (κ3) is 14.9. The highest BCUT2D eigenvalue weighted by Gasteiger charge is 2.56. The molecular formula is C40H51NO23S. The van der Waals surface area contributed by atoms with Crippen LogP contribution in [0.4, 0.5) is 4.79 Å². The number of aliphatic hydroxyl groups excluding tert-OH is 3. The zero-order chi connectivity index (χ0) is 48.4. The molecule has 0 aliphatic carbocycles. The maximum atomic E-state index is 13.1. The minimum atomic E-state index is -4.93. The second-order valence-electron chi connectivity index (χ2n) is 15.2. The van der Waals surface area contributed by atoms with Crippen LogP contribution in [0.3, 0.4) is 0 Å². The van der Waals surface area contributed by atoms with Gasteiger partial charge >= 0.3 is 46.3 Å². The second-order valence-corrected chi connectivity index (χ2v) is 16.4. The quantitative estimate of drug-likeness (QED) is 0.119. The summed E-state index contributed by atoms with van der Waals surface area (Å²) in [6, 6.07) is 9.31. The van der Waals surface area contributed by atoms with Crippen LogP contribution in [-0.4, -0.2) is 154 Å². The molecule has 2 heterocycles. The van der Waals surface area contributed by atoms with Gasteiger partial charge in [-0.3, -0.25) is 14.4 Å². The number of aliphatic hydroxyl groups is 3. The Hall–Kier alpha value is -5.83. The van der Waals surface area contributed by atoms with Crippen molar-refractivity contribution in [3.8, 4) is 17.2 Å². The summed E-state index contributed by atoms with van der Waals surface area (Å²) in [6.07, 6.45) is -19.1. The van der Waals surface area contributed by atoms with E-state index in [1.54, 1.807) is 20.8 Å². The molecule has 24 nitrogen and oxygen atoms in total. The van der Waals surface area contributed by atoms with Crippen LogP contribution in [0, 0.1) is 0 Å². The van der Waals surface area contributed by atoms with E-state index < -0.39 is 132 Å². The first-order chi connectivity index (χ1) is 30.4. The number of hydrogen-bond acceptors (Lipinski definition) is 23. The molecule has 0 saturated carbocycles. The van der Waals surface area contributed by atoms with E-state index >= 15 is 0 Å². The van der Waals surface area contributed by atoms with Crippen molar-refractivity contribution in [3.63, 3.8) is 0 Å². The molecule has 0 unspecified atom stereocenters. The highest BCUT2D eigenvalue weighted by atomic mass is 32.3. The van der Waals surface area contributed by atoms with E-state index in [9.17, 15) is 52.5 Å². The summed E-state index contributed by atoms with van der Waals surface area (Å²) in [5.74, 6) is -5.82. The topological polar surface area (TPSA) is 320 Å². The predicted octanol–water partition coefficient (Wildman–Crippen LogP) is -0.106. The number of carbonyl (C=O) groups excluding carboxylic acids is 6. The zero-order valence-corrected chi connectivity index (χ0v) is 37.1. The van der Waals surface area contributed by atoms with Crippen molar-refractivity contribution in [2.75, 3.05) is 20.8 Å². The molecule has 0 spiro atoms. The molecule has 2 saturated heterocycles. The summed E-state index contributed by atoms with van der Waals surface area (Å²) in [4.78, 5) is 73.8. The average Bonchev–Trinajstić information content (AvgIpc) is 3.21. The molecule has 0 radical (unpaired) electrons. The lowest BCUT2D eigenvalue weighted by molar-refractivity contribution is -0.321. The number of esters is 5. The first-order valence-corrected chi connectivity index (χ1v) is 20.9. The smallest absolute Gasteiger partial charge is 0.467 e. The number of carbonyl (C=O) groups is 6. The maximum Gasteiger partial charge on any atom is 0.501 e. The molecule has 2 aromatic carbocycles. The van der Waals surface area contributed by atoms with Crippen molar-refractivity contribution >= 4 is 46.3 Å². The largest absolute Gasteiger partial charge is 0.501 e. The van der Waals surface area contributed by atoms with Crippen molar-refractivity contribution in [1.82, 2.24) is 5.32 Å². The van der Waals surface area contributed by atoms with Gasteiger partial charge in [0.25, 0.3) is 0 Å².